The number of furan rings is 1. The van der Waals surface area contributed by atoms with Crippen molar-refractivity contribution in [1.29, 1.82) is 0 Å². The average Bonchev–Trinajstić information content (AvgIpc) is 3.73. The zero-order chi connectivity index (χ0) is 30.2. The van der Waals surface area contributed by atoms with Crippen LogP contribution in [-0.4, -0.2) is 0 Å². The van der Waals surface area contributed by atoms with Crippen LogP contribution in [0.1, 0.15) is 51.8 Å². The van der Waals surface area contributed by atoms with E-state index in [0.717, 1.165) is 24.0 Å². The Morgan fingerprint density at radius 1 is 0.543 bits per heavy atom. The molecule has 0 fully saturated rings. The van der Waals surface area contributed by atoms with Crippen molar-refractivity contribution < 1.29 is 4.42 Å². The summed E-state index contributed by atoms with van der Waals surface area (Å²) in [6.45, 7) is 2.23. The summed E-state index contributed by atoms with van der Waals surface area (Å²) in [5.41, 5.74) is 19.2. The maximum atomic E-state index is 6.51. The minimum atomic E-state index is -0.403. The number of hydrogen-bond donors (Lipinski definition) is 0. The van der Waals surface area contributed by atoms with Gasteiger partial charge in [0.15, 0.2) is 0 Å². The maximum Gasteiger partial charge on any atom is 0.136 e. The molecule has 1 heterocycles. The van der Waals surface area contributed by atoms with E-state index in [9.17, 15) is 0 Å². The molecule has 0 bridgehead atoms. The second-order valence-electron chi connectivity index (χ2n) is 13.5. The lowest BCUT2D eigenvalue weighted by Gasteiger charge is -2.50. The second-order valence-corrected chi connectivity index (χ2v) is 13.5. The molecular weight excluding hydrogens is 556 g/mol. The van der Waals surface area contributed by atoms with Crippen LogP contribution in [0, 0.1) is 6.92 Å². The van der Waals surface area contributed by atoms with Gasteiger partial charge < -0.3 is 4.42 Å². The van der Waals surface area contributed by atoms with Crippen molar-refractivity contribution in [2.24, 2.45) is 0 Å². The van der Waals surface area contributed by atoms with E-state index in [4.69, 9.17) is 4.42 Å². The molecule has 0 N–H and O–H groups in total. The van der Waals surface area contributed by atoms with Crippen LogP contribution in [0.25, 0.3) is 44.2 Å². The van der Waals surface area contributed by atoms with Crippen molar-refractivity contribution in [3.05, 3.63) is 190 Å². The molecule has 4 aliphatic rings. The van der Waals surface area contributed by atoms with Crippen LogP contribution in [0.5, 0.6) is 0 Å². The van der Waals surface area contributed by atoms with Gasteiger partial charge in [0.1, 0.15) is 11.2 Å². The number of aryl methyl sites for hydroxylation is 1. The van der Waals surface area contributed by atoms with Gasteiger partial charge in [-0.15, -0.1) is 0 Å². The highest BCUT2D eigenvalue weighted by molar-refractivity contribution is 6.15. The van der Waals surface area contributed by atoms with Gasteiger partial charge in [0.05, 0.1) is 10.8 Å². The first-order valence-electron chi connectivity index (χ1n) is 16.5. The van der Waals surface area contributed by atoms with E-state index in [-0.39, 0.29) is 5.41 Å². The Bertz CT molecular complexity index is 2510. The monoisotopic (exact) mass is 586 g/mol. The number of hydrogen-bond acceptors (Lipinski definition) is 1. The SMILES string of the molecule is Cc1ccc2c(c1)-c1c(ccc3oc4ccccc4c13)C21C2=C(C=CCC2)C2(c3ccccc3-c3ccccc32)c2ccccc21. The van der Waals surface area contributed by atoms with Crippen molar-refractivity contribution in [3.63, 3.8) is 0 Å². The number of para-hydroxylation sites is 1. The minimum Gasteiger partial charge on any atom is -0.456 e. The van der Waals surface area contributed by atoms with Gasteiger partial charge in [0.2, 0.25) is 0 Å². The lowest BCUT2D eigenvalue weighted by Crippen LogP contribution is -2.44. The molecule has 1 aromatic heterocycles. The van der Waals surface area contributed by atoms with E-state index in [1.165, 1.54) is 83.1 Å². The van der Waals surface area contributed by atoms with E-state index < -0.39 is 5.41 Å². The molecule has 1 atom stereocenters. The van der Waals surface area contributed by atoms with Gasteiger partial charge in [-0.3, -0.25) is 0 Å². The third-order valence-electron chi connectivity index (χ3n) is 11.5. The molecule has 2 spiro atoms. The summed E-state index contributed by atoms with van der Waals surface area (Å²) in [6, 6.07) is 48.0. The maximum absolute atomic E-state index is 6.51. The van der Waals surface area contributed by atoms with Gasteiger partial charge in [0, 0.05) is 10.8 Å². The smallest absolute Gasteiger partial charge is 0.136 e. The topological polar surface area (TPSA) is 13.1 Å². The third-order valence-corrected chi connectivity index (χ3v) is 11.5. The van der Waals surface area contributed by atoms with Crippen LogP contribution in [0.15, 0.2) is 155 Å². The van der Waals surface area contributed by atoms with E-state index in [0.29, 0.717) is 0 Å². The lowest BCUT2D eigenvalue weighted by molar-refractivity contribution is 0.590. The van der Waals surface area contributed by atoms with E-state index in [1.807, 2.05) is 0 Å². The summed E-state index contributed by atoms with van der Waals surface area (Å²) >= 11 is 0. The fourth-order valence-corrected chi connectivity index (χ4v) is 10.0. The Morgan fingerprint density at radius 3 is 1.96 bits per heavy atom. The standard InChI is InChI=1S/C45H30O/c1-27-22-23-34-31(26-27)42-39(24-25-41-43(42)30-14-4-11-21-40(30)46-41)45(34)37-19-9-7-17-35(37)44(36-18-8-10-20-38(36)45)32-15-5-2-12-28(32)29-13-3-6-16-33(29)44/h2-9,11-19,21-26H,10,20H2,1H3. The summed E-state index contributed by atoms with van der Waals surface area (Å²) in [5, 5.41) is 2.43. The molecule has 7 aromatic rings. The van der Waals surface area contributed by atoms with Crippen LogP contribution in [0.4, 0.5) is 0 Å². The quantitative estimate of drug-likeness (QED) is 0.172. The fraction of sp³-hybridized carbons (Fsp3) is 0.111. The first-order chi connectivity index (χ1) is 22.7. The van der Waals surface area contributed by atoms with E-state index in [2.05, 4.69) is 146 Å². The molecule has 46 heavy (non-hydrogen) atoms. The third kappa shape index (κ3) is 2.65. The van der Waals surface area contributed by atoms with Gasteiger partial charge in [0.25, 0.3) is 0 Å². The summed E-state index contributed by atoms with van der Waals surface area (Å²) in [7, 11) is 0. The van der Waals surface area contributed by atoms with Crippen molar-refractivity contribution in [1.82, 2.24) is 0 Å². The van der Waals surface area contributed by atoms with E-state index >= 15 is 0 Å². The first-order valence-corrected chi connectivity index (χ1v) is 16.5. The Labute approximate surface area is 268 Å². The molecule has 0 saturated carbocycles. The van der Waals surface area contributed by atoms with Gasteiger partial charge in [-0.2, -0.15) is 0 Å². The van der Waals surface area contributed by atoms with Crippen LogP contribution in [0.2, 0.25) is 0 Å². The zero-order valence-electron chi connectivity index (χ0n) is 25.6. The van der Waals surface area contributed by atoms with Crippen molar-refractivity contribution in [3.8, 4) is 22.3 Å². The van der Waals surface area contributed by atoms with Crippen LogP contribution >= 0.6 is 0 Å². The normalized spacial score (nSPS) is 19.3. The molecule has 216 valence electrons. The number of fused-ring (bicyclic) bond motifs is 19. The molecule has 6 aromatic carbocycles. The Kier molecular flexibility index (Phi) is 4.56. The van der Waals surface area contributed by atoms with Crippen molar-refractivity contribution in [2.75, 3.05) is 0 Å². The molecule has 1 unspecified atom stereocenters. The zero-order valence-corrected chi connectivity index (χ0v) is 25.6. The minimum absolute atomic E-state index is 0.374. The predicted molar refractivity (Wildman–Crippen MR) is 187 cm³/mol. The first kappa shape index (κ1) is 24.9. The van der Waals surface area contributed by atoms with Crippen molar-refractivity contribution in [2.45, 2.75) is 30.6 Å². The number of rotatable bonds is 0. The molecule has 4 aliphatic carbocycles. The second kappa shape index (κ2) is 8.44. The molecule has 1 heteroatoms. The highest BCUT2D eigenvalue weighted by Gasteiger charge is 2.59. The predicted octanol–water partition coefficient (Wildman–Crippen LogP) is 11.2. The summed E-state index contributed by atoms with van der Waals surface area (Å²) in [4.78, 5) is 0. The Morgan fingerprint density at radius 2 is 1.17 bits per heavy atom. The molecule has 0 amide bonds. The summed E-state index contributed by atoms with van der Waals surface area (Å²) < 4.78 is 6.51. The van der Waals surface area contributed by atoms with Crippen molar-refractivity contribution >= 4 is 21.9 Å². The number of benzene rings is 6. The van der Waals surface area contributed by atoms with Gasteiger partial charge in [-0.05, 0) is 98.7 Å². The van der Waals surface area contributed by atoms with Gasteiger partial charge >= 0.3 is 0 Å². The molecular formula is C45H30O. The van der Waals surface area contributed by atoms with Gasteiger partial charge in [-0.1, -0.05) is 133 Å². The molecule has 0 saturated heterocycles. The highest BCUT2D eigenvalue weighted by atomic mass is 16.3. The summed E-state index contributed by atoms with van der Waals surface area (Å²) in [6.07, 6.45) is 6.97. The Balaban J connectivity index is 1.38. The largest absolute Gasteiger partial charge is 0.456 e. The Hall–Kier alpha value is -5.40. The molecule has 1 nitrogen and oxygen atoms in total. The number of allylic oxidation sites excluding steroid dienone is 4. The fourth-order valence-electron chi connectivity index (χ4n) is 10.0. The van der Waals surface area contributed by atoms with Crippen LogP contribution in [-0.2, 0) is 10.8 Å². The summed E-state index contributed by atoms with van der Waals surface area (Å²) in [5.74, 6) is 0. The molecule has 0 radical (unpaired) electrons. The molecule has 0 aliphatic heterocycles. The lowest BCUT2D eigenvalue weighted by atomic mass is 9.51. The van der Waals surface area contributed by atoms with E-state index in [1.54, 1.807) is 0 Å². The van der Waals surface area contributed by atoms with Gasteiger partial charge in [-0.25, -0.2) is 0 Å². The highest BCUT2D eigenvalue weighted by Crippen LogP contribution is 2.69. The molecule has 11 rings (SSSR count). The van der Waals surface area contributed by atoms with Crippen LogP contribution < -0.4 is 0 Å². The average molecular weight is 587 g/mol. The van der Waals surface area contributed by atoms with Crippen LogP contribution in [0.3, 0.4) is 0 Å².